The van der Waals surface area contributed by atoms with Crippen LogP contribution in [0.4, 0.5) is 10.1 Å². The summed E-state index contributed by atoms with van der Waals surface area (Å²) >= 11 is 0. The molecular weight excluding hydrogens is 593 g/mol. The minimum Gasteiger partial charge on any atom is -0.457 e. The molecule has 0 saturated carbocycles. The molecular formula is C35H38FN3O5S. The summed E-state index contributed by atoms with van der Waals surface area (Å²) in [6.07, 6.45) is 0.691. The van der Waals surface area contributed by atoms with Gasteiger partial charge < -0.3 is 15.0 Å². The van der Waals surface area contributed by atoms with Gasteiger partial charge in [-0.1, -0.05) is 55.0 Å². The summed E-state index contributed by atoms with van der Waals surface area (Å²) in [5.74, 6) is -0.321. The molecule has 2 amide bonds. The summed E-state index contributed by atoms with van der Waals surface area (Å²) in [4.78, 5) is 28.6. The fourth-order valence-electron chi connectivity index (χ4n) is 4.51. The zero-order valence-electron chi connectivity index (χ0n) is 25.8. The second kappa shape index (κ2) is 14.9. The number of nitrogens with zero attached hydrogens (tertiary/aromatic N) is 2. The second-order valence-corrected chi connectivity index (χ2v) is 12.7. The van der Waals surface area contributed by atoms with E-state index in [2.05, 4.69) is 5.32 Å². The molecule has 0 fully saturated rings. The Morgan fingerprint density at radius 2 is 1.44 bits per heavy atom. The summed E-state index contributed by atoms with van der Waals surface area (Å²) in [6.45, 7) is 6.61. The number of halogens is 1. The lowest BCUT2D eigenvalue weighted by Crippen LogP contribution is -2.52. The van der Waals surface area contributed by atoms with E-state index in [0.29, 0.717) is 23.5 Å². The van der Waals surface area contributed by atoms with Gasteiger partial charge in [-0.25, -0.2) is 12.8 Å². The Balaban J connectivity index is 1.70. The first-order chi connectivity index (χ1) is 21.5. The molecule has 0 bridgehead atoms. The van der Waals surface area contributed by atoms with E-state index in [0.717, 1.165) is 9.87 Å². The Bertz CT molecular complexity index is 1680. The van der Waals surface area contributed by atoms with Crippen LogP contribution >= 0.6 is 0 Å². The highest BCUT2D eigenvalue weighted by molar-refractivity contribution is 7.92. The molecule has 236 valence electrons. The zero-order chi connectivity index (χ0) is 32.6. The highest BCUT2D eigenvalue weighted by Crippen LogP contribution is 2.29. The van der Waals surface area contributed by atoms with Gasteiger partial charge in [0.1, 0.15) is 29.9 Å². The number of amides is 2. The van der Waals surface area contributed by atoms with Crippen molar-refractivity contribution >= 4 is 27.5 Å². The minimum absolute atomic E-state index is 0.0122. The van der Waals surface area contributed by atoms with Crippen molar-refractivity contribution in [1.29, 1.82) is 0 Å². The topological polar surface area (TPSA) is 96.0 Å². The number of hydrogen-bond donors (Lipinski definition) is 1. The molecule has 4 aromatic carbocycles. The number of rotatable bonds is 13. The second-order valence-electron chi connectivity index (χ2n) is 10.9. The first-order valence-corrected chi connectivity index (χ1v) is 16.2. The number of nitrogens with one attached hydrogen (secondary N) is 1. The molecule has 0 heterocycles. The van der Waals surface area contributed by atoms with Gasteiger partial charge in [0.05, 0.1) is 10.6 Å². The number of sulfonamides is 1. The average molecular weight is 632 g/mol. The maximum absolute atomic E-state index is 14.1. The van der Waals surface area contributed by atoms with Crippen molar-refractivity contribution in [3.63, 3.8) is 0 Å². The van der Waals surface area contributed by atoms with Gasteiger partial charge in [-0.15, -0.1) is 0 Å². The summed E-state index contributed by atoms with van der Waals surface area (Å²) in [5, 5.41) is 2.89. The maximum Gasteiger partial charge on any atom is 0.264 e. The monoisotopic (exact) mass is 631 g/mol. The van der Waals surface area contributed by atoms with Crippen LogP contribution in [0.25, 0.3) is 0 Å². The normalized spacial score (nSPS) is 12.6. The molecule has 10 heteroatoms. The van der Waals surface area contributed by atoms with Gasteiger partial charge in [-0.05, 0) is 93.4 Å². The van der Waals surface area contributed by atoms with E-state index in [9.17, 15) is 22.4 Å². The van der Waals surface area contributed by atoms with E-state index >= 15 is 0 Å². The number of aryl methyl sites for hydroxylation is 1. The van der Waals surface area contributed by atoms with E-state index in [1.54, 1.807) is 55.5 Å². The lowest BCUT2D eigenvalue weighted by atomic mass is 10.1. The fourth-order valence-corrected chi connectivity index (χ4v) is 5.92. The Morgan fingerprint density at radius 1 is 0.844 bits per heavy atom. The maximum atomic E-state index is 14.1. The van der Waals surface area contributed by atoms with Gasteiger partial charge in [0, 0.05) is 12.6 Å². The molecule has 0 unspecified atom stereocenters. The summed E-state index contributed by atoms with van der Waals surface area (Å²) in [5.41, 5.74) is 1.71. The van der Waals surface area contributed by atoms with Crippen molar-refractivity contribution in [3.8, 4) is 11.5 Å². The molecule has 0 saturated heterocycles. The van der Waals surface area contributed by atoms with Crippen LogP contribution < -0.4 is 14.4 Å². The predicted octanol–water partition coefficient (Wildman–Crippen LogP) is 6.45. The molecule has 45 heavy (non-hydrogen) atoms. The molecule has 4 aromatic rings. The Kier molecular flexibility index (Phi) is 11.0. The van der Waals surface area contributed by atoms with E-state index < -0.39 is 34.3 Å². The van der Waals surface area contributed by atoms with Crippen LogP contribution in [0, 0.1) is 12.7 Å². The van der Waals surface area contributed by atoms with Crippen LogP contribution in [0.3, 0.4) is 0 Å². The van der Waals surface area contributed by atoms with Crippen LogP contribution in [-0.4, -0.2) is 43.8 Å². The number of para-hydroxylation sites is 1. The molecule has 0 aliphatic carbocycles. The summed E-state index contributed by atoms with van der Waals surface area (Å²) < 4.78 is 48.7. The first kappa shape index (κ1) is 33.2. The molecule has 1 N–H and O–H groups in total. The molecule has 4 rings (SSSR count). The third-order valence-corrected chi connectivity index (χ3v) is 9.21. The van der Waals surface area contributed by atoms with Gasteiger partial charge in [0.15, 0.2) is 0 Å². The zero-order valence-corrected chi connectivity index (χ0v) is 26.6. The smallest absolute Gasteiger partial charge is 0.264 e. The largest absolute Gasteiger partial charge is 0.457 e. The number of benzene rings is 4. The van der Waals surface area contributed by atoms with Crippen LogP contribution in [0.1, 0.15) is 38.3 Å². The molecule has 8 nitrogen and oxygen atoms in total. The predicted molar refractivity (Wildman–Crippen MR) is 173 cm³/mol. The molecule has 0 aromatic heterocycles. The Hall–Kier alpha value is -4.70. The quantitative estimate of drug-likeness (QED) is 0.183. The molecule has 2 atom stereocenters. The number of hydrogen-bond acceptors (Lipinski definition) is 5. The standard InChI is InChI=1S/C35H38FN3O5S/c1-5-26(3)37-35(41)27(4)38(23-28-13-15-29(36)16-14-28)34(40)24-39(45(42,43)33-21-11-25(2)12-22-33)30-17-19-32(20-18-30)44-31-9-7-6-8-10-31/h6-22,26-27H,5,23-24H2,1-4H3,(H,37,41)/t26-,27+/m0/s1. The van der Waals surface area contributed by atoms with Crippen LogP contribution in [0.15, 0.2) is 108 Å². The van der Waals surface area contributed by atoms with E-state index in [4.69, 9.17) is 4.74 Å². The van der Waals surface area contributed by atoms with Crippen molar-refractivity contribution in [1.82, 2.24) is 10.2 Å². The highest BCUT2D eigenvalue weighted by atomic mass is 32.2. The van der Waals surface area contributed by atoms with E-state index in [-0.39, 0.29) is 29.1 Å². The number of carbonyl (C=O) groups is 2. The summed E-state index contributed by atoms with van der Waals surface area (Å²) in [7, 11) is -4.22. The van der Waals surface area contributed by atoms with Gasteiger partial charge in [0.25, 0.3) is 10.0 Å². The first-order valence-electron chi connectivity index (χ1n) is 14.7. The van der Waals surface area contributed by atoms with Crippen LogP contribution in [-0.2, 0) is 26.2 Å². The van der Waals surface area contributed by atoms with Crippen LogP contribution in [0.2, 0.25) is 0 Å². The Morgan fingerprint density at radius 3 is 2.04 bits per heavy atom. The van der Waals surface area contributed by atoms with E-state index in [1.165, 1.54) is 41.3 Å². The average Bonchev–Trinajstić information content (AvgIpc) is 3.04. The Labute approximate surface area is 264 Å². The van der Waals surface area contributed by atoms with Crippen molar-refractivity contribution in [2.75, 3.05) is 10.8 Å². The van der Waals surface area contributed by atoms with Gasteiger partial charge >= 0.3 is 0 Å². The molecule has 0 aliphatic rings. The number of ether oxygens (including phenoxy) is 1. The number of anilines is 1. The minimum atomic E-state index is -4.22. The fraction of sp³-hybridized carbons (Fsp3) is 0.257. The third kappa shape index (κ3) is 8.69. The SMILES string of the molecule is CC[C@H](C)NC(=O)[C@@H](C)N(Cc1ccc(F)cc1)C(=O)CN(c1ccc(Oc2ccccc2)cc1)S(=O)(=O)c1ccc(C)cc1. The highest BCUT2D eigenvalue weighted by Gasteiger charge is 2.33. The lowest BCUT2D eigenvalue weighted by molar-refractivity contribution is -0.139. The van der Waals surface area contributed by atoms with Crippen molar-refractivity contribution in [2.24, 2.45) is 0 Å². The van der Waals surface area contributed by atoms with Crippen LogP contribution in [0.5, 0.6) is 11.5 Å². The number of carbonyl (C=O) groups excluding carboxylic acids is 2. The molecule has 0 spiro atoms. The van der Waals surface area contributed by atoms with Crippen molar-refractivity contribution in [3.05, 3.63) is 120 Å². The van der Waals surface area contributed by atoms with E-state index in [1.807, 2.05) is 39.0 Å². The van der Waals surface area contributed by atoms with Gasteiger partial charge in [0.2, 0.25) is 11.8 Å². The molecule has 0 radical (unpaired) electrons. The third-order valence-electron chi connectivity index (χ3n) is 7.43. The van der Waals surface area contributed by atoms with Gasteiger partial charge in [-0.2, -0.15) is 0 Å². The van der Waals surface area contributed by atoms with Crippen molar-refractivity contribution in [2.45, 2.75) is 57.6 Å². The summed E-state index contributed by atoms with van der Waals surface area (Å²) in [6, 6.07) is 26.4. The van der Waals surface area contributed by atoms with Gasteiger partial charge in [-0.3, -0.25) is 13.9 Å². The van der Waals surface area contributed by atoms with Crippen molar-refractivity contribution < 1.29 is 27.1 Å². The lowest BCUT2D eigenvalue weighted by Gasteiger charge is -2.32. The molecule has 0 aliphatic heterocycles.